The highest BCUT2D eigenvalue weighted by Crippen LogP contribution is 2.44. The number of hydrogen-bond acceptors (Lipinski definition) is 4. The topological polar surface area (TPSA) is 64.6 Å². The van der Waals surface area contributed by atoms with Crippen molar-refractivity contribution in [1.82, 2.24) is 0 Å². The first-order chi connectivity index (χ1) is 14.1. The third-order valence-electron chi connectivity index (χ3n) is 5.16. The van der Waals surface area contributed by atoms with Crippen LogP contribution in [0, 0.1) is 6.92 Å². The second kappa shape index (κ2) is 7.80. The summed E-state index contributed by atoms with van der Waals surface area (Å²) >= 11 is 0. The Morgan fingerprint density at radius 3 is 2.17 bits per heavy atom. The number of benzene rings is 3. The van der Waals surface area contributed by atoms with Gasteiger partial charge >= 0.3 is 12.1 Å². The molecule has 146 valence electrons. The Morgan fingerprint density at radius 1 is 0.931 bits per heavy atom. The molecule has 1 N–H and O–H groups in total. The number of carbonyl (C=O) groups excluding carboxylic acids is 2. The van der Waals surface area contributed by atoms with Crippen LogP contribution in [0.2, 0.25) is 0 Å². The lowest BCUT2D eigenvalue weighted by molar-refractivity contribution is 0.0602. The van der Waals surface area contributed by atoms with Crippen molar-refractivity contribution in [3.63, 3.8) is 0 Å². The zero-order chi connectivity index (χ0) is 20.4. The van der Waals surface area contributed by atoms with Crippen molar-refractivity contribution < 1.29 is 19.1 Å². The number of methoxy groups -OCH3 is 1. The van der Waals surface area contributed by atoms with Gasteiger partial charge in [-0.3, -0.25) is 5.32 Å². The molecule has 0 bridgehead atoms. The van der Waals surface area contributed by atoms with Crippen LogP contribution < -0.4 is 5.32 Å². The summed E-state index contributed by atoms with van der Waals surface area (Å²) in [6.45, 7) is 2.07. The van der Waals surface area contributed by atoms with Crippen LogP contribution in [0.25, 0.3) is 11.1 Å². The Kier molecular flexibility index (Phi) is 5.04. The summed E-state index contributed by atoms with van der Waals surface area (Å²) in [5.41, 5.74) is 6.18. The first-order valence-electron chi connectivity index (χ1n) is 9.39. The maximum absolute atomic E-state index is 12.5. The maximum Gasteiger partial charge on any atom is 0.411 e. The van der Waals surface area contributed by atoms with E-state index in [9.17, 15) is 9.59 Å². The summed E-state index contributed by atoms with van der Waals surface area (Å²) in [4.78, 5) is 24.5. The van der Waals surface area contributed by atoms with Gasteiger partial charge in [0.2, 0.25) is 0 Å². The molecule has 5 nitrogen and oxygen atoms in total. The van der Waals surface area contributed by atoms with Crippen LogP contribution >= 0.6 is 0 Å². The highest BCUT2D eigenvalue weighted by atomic mass is 16.5. The van der Waals surface area contributed by atoms with E-state index in [1.807, 2.05) is 37.3 Å². The van der Waals surface area contributed by atoms with Crippen LogP contribution in [0.1, 0.15) is 33.0 Å². The summed E-state index contributed by atoms with van der Waals surface area (Å²) < 4.78 is 10.3. The van der Waals surface area contributed by atoms with Crippen molar-refractivity contribution in [1.29, 1.82) is 0 Å². The Morgan fingerprint density at radius 2 is 1.55 bits per heavy atom. The van der Waals surface area contributed by atoms with E-state index in [1.54, 1.807) is 12.1 Å². The molecule has 1 aliphatic rings. The first-order valence-corrected chi connectivity index (χ1v) is 9.39. The molecule has 0 aromatic heterocycles. The summed E-state index contributed by atoms with van der Waals surface area (Å²) in [6.07, 6.45) is -0.610. The van der Waals surface area contributed by atoms with E-state index in [1.165, 1.54) is 18.2 Å². The van der Waals surface area contributed by atoms with Gasteiger partial charge in [-0.05, 0) is 41.3 Å². The number of amides is 1. The average Bonchev–Trinajstić information content (AvgIpc) is 3.07. The van der Waals surface area contributed by atoms with E-state index in [0.717, 1.165) is 16.7 Å². The highest BCUT2D eigenvalue weighted by molar-refractivity contribution is 5.99. The van der Waals surface area contributed by atoms with Crippen LogP contribution in [-0.4, -0.2) is 25.8 Å². The van der Waals surface area contributed by atoms with Crippen LogP contribution in [0.5, 0.6) is 0 Å². The van der Waals surface area contributed by atoms with E-state index in [2.05, 4.69) is 29.6 Å². The van der Waals surface area contributed by atoms with Crippen LogP contribution in [-0.2, 0) is 9.47 Å². The smallest absolute Gasteiger partial charge is 0.411 e. The molecule has 1 aliphatic carbocycles. The zero-order valence-electron chi connectivity index (χ0n) is 16.3. The van der Waals surface area contributed by atoms with Gasteiger partial charge in [0.05, 0.1) is 18.4 Å². The number of ether oxygens (including phenoxy) is 2. The van der Waals surface area contributed by atoms with Crippen molar-refractivity contribution in [3.05, 3.63) is 89.0 Å². The molecule has 4 rings (SSSR count). The molecule has 0 atom stereocenters. The Hall–Kier alpha value is -3.60. The van der Waals surface area contributed by atoms with Gasteiger partial charge in [0.15, 0.2) is 0 Å². The number of anilines is 1. The van der Waals surface area contributed by atoms with Gasteiger partial charge in [0.25, 0.3) is 0 Å². The zero-order valence-corrected chi connectivity index (χ0v) is 16.3. The predicted octanol–water partition coefficient (Wildman–Crippen LogP) is 5.14. The lowest BCUT2D eigenvalue weighted by Crippen LogP contribution is -2.19. The molecular formula is C24H21NO4. The first kappa shape index (κ1) is 18.7. The van der Waals surface area contributed by atoms with Crippen molar-refractivity contribution in [2.24, 2.45) is 0 Å². The van der Waals surface area contributed by atoms with Gasteiger partial charge in [-0.2, -0.15) is 0 Å². The molecule has 3 aromatic carbocycles. The summed E-state index contributed by atoms with van der Waals surface area (Å²) in [6, 6.07) is 21.5. The SMILES string of the molecule is COC(=O)c1cc(C)ccc1NC(=O)OCC1c2ccccc2-c2ccccc21. The molecule has 0 fully saturated rings. The van der Waals surface area contributed by atoms with E-state index in [-0.39, 0.29) is 12.5 Å². The van der Waals surface area contributed by atoms with Crippen molar-refractivity contribution in [2.45, 2.75) is 12.8 Å². The Bertz CT molecular complexity index is 1040. The fourth-order valence-electron chi connectivity index (χ4n) is 3.79. The second-order valence-electron chi connectivity index (χ2n) is 6.99. The third-order valence-corrected chi connectivity index (χ3v) is 5.16. The summed E-state index contributed by atoms with van der Waals surface area (Å²) in [7, 11) is 1.31. The third kappa shape index (κ3) is 3.59. The standard InChI is InChI=1S/C24H21NO4/c1-15-11-12-22(20(13-15)23(26)28-2)25-24(27)29-14-21-18-9-5-3-7-16(18)17-8-4-6-10-19(17)21/h3-13,21H,14H2,1-2H3,(H,25,27). The van der Waals surface area contributed by atoms with E-state index in [4.69, 9.17) is 9.47 Å². The van der Waals surface area contributed by atoms with Crippen molar-refractivity contribution in [3.8, 4) is 11.1 Å². The molecule has 0 spiro atoms. The molecule has 0 unspecified atom stereocenters. The maximum atomic E-state index is 12.5. The molecule has 1 amide bonds. The monoisotopic (exact) mass is 387 g/mol. The Balaban J connectivity index is 1.51. The molecule has 5 heteroatoms. The van der Waals surface area contributed by atoms with Crippen LogP contribution in [0.15, 0.2) is 66.7 Å². The second-order valence-corrected chi connectivity index (χ2v) is 6.99. The Labute approximate surface area is 169 Å². The molecule has 0 radical (unpaired) electrons. The lowest BCUT2D eigenvalue weighted by atomic mass is 9.98. The minimum atomic E-state index is -0.610. The van der Waals surface area contributed by atoms with Crippen molar-refractivity contribution >= 4 is 17.7 Å². The van der Waals surface area contributed by atoms with Crippen LogP contribution in [0.3, 0.4) is 0 Å². The minimum absolute atomic E-state index is 0.0220. The average molecular weight is 387 g/mol. The van der Waals surface area contributed by atoms with E-state index >= 15 is 0 Å². The van der Waals surface area contributed by atoms with Crippen LogP contribution in [0.4, 0.5) is 10.5 Å². The van der Waals surface area contributed by atoms with Crippen molar-refractivity contribution in [2.75, 3.05) is 19.0 Å². The molecule has 29 heavy (non-hydrogen) atoms. The molecule has 0 saturated heterocycles. The minimum Gasteiger partial charge on any atom is -0.465 e. The van der Waals surface area contributed by atoms with Gasteiger partial charge in [-0.15, -0.1) is 0 Å². The number of esters is 1. The summed E-state index contributed by atoms with van der Waals surface area (Å²) in [5.74, 6) is -0.533. The van der Waals surface area contributed by atoms with Gasteiger partial charge in [0.1, 0.15) is 6.61 Å². The van der Waals surface area contributed by atoms with E-state index < -0.39 is 12.1 Å². The molecule has 0 heterocycles. The van der Waals surface area contributed by atoms with Gasteiger partial charge in [-0.1, -0.05) is 60.2 Å². The fourth-order valence-corrected chi connectivity index (χ4v) is 3.79. The van der Waals surface area contributed by atoms with Gasteiger partial charge in [-0.25, -0.2) is 9.59 Å². The molecule has 0 aliphatic heterocycles. The normalized spacial score (nSPS) is 12.1. The highest BCUT2D eigenvalue weighted by Gasteiger charge is 2.29. The quantitative estimate of drug-likeness (QED) is 0.630. The number of rotatable bonds is 4. The number of nitrogens with one attached hydrogen (secondary N) is 1. The number of fused-ring (bicyclic) bond motifs is 3. The molecule has 0 saturated carbocycles. The number of hydrogen-bond donors (Lipinski definition) is 1. The predicted molar refractivity (Wildman–Crippen MR) is 111 cm³/mol. The molecular weight excluding hydrogens is 366 g/mol. The summed E-state index contributed by atoms with van der Waals surface area (Å²) in [5, 5.41) is 2.66. The fraction of sp³-hybridized carbons (Fsp3) is 0.167. The molecule has 3 aromatic rings. The largest absolute Gasteiger partial charge is 0.465 e. The number of carbonyl (C=O) groups is 2. The van der Waals surface area contributed by atoms with Gasteiger partial charge in [0, 0.05) is 5.92 Å². The lowest BCUT2D eigenvalue weighted by Gasteiger charge is -2.15. The van der Waals surface area contributed by atoms with Gasteiger partial charge < -0.3 is 9.47 Å². The number of aryl methyl sites for hydroxylation is 1. The van der Waals surface area contributed by atoms with E-state index in [0.29, 0.717) is 11.3 Å².